The van der Waals surface area contributed by atoms with E-state index in [1.54, 1.807) is 0 Å². The molecule has 9 aromatic carbocycles. The van der Waals surface area contributed by atoms with E-state index >= 15 is 0 Å². The standard InChI is InChI=1S/C57H37N5/c1-4-17-38(18-5-1)55-58-56(39-19-6-2-7-20-39)60-57(59-55)43-23-14-21-40(35-43)41-33-34-53-50(37-41)48-28-11-12-31-51(48)61(53)45-26-15-22-42(36-45)46-29-16-30-49-47-27-10-13-32-52(47)62(54(46)49)44-24-8-3-9-25-44/h1-37H. The molecule has 0 atom stereocenters. The van der Waals surface area contributed by atoms with E-state index in [1.807, 2.05) is 60.7 Å². The second-order valence-electron chi connectivity index (χ2n) is 15.6. The fourth-order valence-corrected chi connectivity index (χ4v) is 9.12. The zero-order valence-electron chi connectivity index (χ0n) is 33.6. The molecule has 0 saturated heterocycles. The molecule has 0 fully saturated rings. The summed E-state index contributed by atoms with van der Waals surface area (Å²) in [5, 5.41) is 4.88. The number of hydrogen-bond donors (Lipinski definition) is 0. The van der Waals surface area contributed by atoms with Crippen LogP contribution < -0.4 is 0 Å². The Morgan fingerprint density at radius 1 is 0.258 bits per heavy atom. The van der Waals surface area contributed by atoms with Gasteiger partial charge in [-0.05, 0) is 71.3 Å². The molecular formula is C57H37N5. The molecule has 0 aliphatic carbocycles. The van der Waals surface area contributed by atoms with Crippen LogP contribution in [0, 0.1) is 0 Å². The molecule has 0 bridgehead atoms. The minimum atomic E-state index is 0.636. The maximum absolute atomic E-state index is 5.01. The molecule has 0 spiro atoms. The van der Waals surface area contributed by atoms with Crippen LogP contribution in [0.4, 0.5) is 0 Å². The molecule has 0 saturated carbocycles. The van der Waals surface area contributed by atoms with Crippen LogP contribution in [0.25, 0.3) is 111 Å². The highest BCUT2D eigenvalue weighted by Crippen LogP contribution is 2.40. The minimum absolute atomic E-state index is 0.636. The predicted octanol–water partition coefficient (Wildman–Crippen LogP) is 14.4. The summed E-state index contributed by atoms with van der Waals surface area (Å²) in [6.45, 7) is 0. The van der Waals surface area contributed by atoms with Gasteiger partial charge in [0, 0.05) is 55.2 Å². The lowest BCUT2D eigenvalue weighted by molar-refractivity contribution is 1.07. The first-order valence-electron chi connectivity index (χ1n) is 20.9. The number of aromatic nitrogens is 5. The molecule has 0 aliphatic rings. The Kier molecular flexibility index (Phi) is 8.42. The molecule has 0 N–H and O–H groups in total. The minimum Gasteiger partial charge on any atom is -0.309 e. The highest BCUT2D eigenvalue weighted by molar-refractivity contribution is 6.14. The zero-order valence-corrected chi connectivity index (χ0v) is 33.6. The van der Waals surface area contributed by atoms with Gasteiger partial charge in [-0.3, -0.25) is 0 Å². The van der Waals surface area contributed by atoms with E-state index in [9.17, 15) is 0 Å². The summed E-state index contributed by atoms with van der Waals surface area (Å²) in [5.74, 6) is 1.93. The van der Waals surface area contributed by atoms with Gasteiger partial charge < -0.3 is 9.13 Å². The Bertz CT molecular complexity index is 3570. The van der Waals surface area contributed by atoms with Crippen LogP contribution in [-0.4, -0.2) is 24.1 Å². The number of nitrogens with zero attached hydrogens (tertiary/aromatic N) is 5. The molecular weight excluding hydrogens is 755 g/mol. The molecule has 0 amide bonds. The Morgan fingerprint density at radius 2 is 0.726 bits per heavy atom. The second-order valence-corrected chi connectivity index (χ2v) is 15.6. The Morgan fingerprint density at radius 3 is 1.44 bits per heavy atom. The van der Waals surface area contributed by atoms with Crippen LogP contribution in [0.2, 0.25) is 0 Å². The zero-order chi connectivity index (χ0) is 41.0. The monoisotopic (exact) mass is 791 g/mol. The van der Waals surface area contributed by atoms with Crippen LogP contribution in [0.3, 0.4) is 0 Å². The Labute approximate surface area is 358 Å². The lowest BCUT2D eigenvalue weighted by Crippen LogP contribution is -2.00. The molecule has 5 nitrogen and oxygen atoms in total. The summed E-state index contributed by atoms with van der Waals surface area (Å²) in [5.41, 5.74) is 14.4. The Balaban J connectivity index is 0.979. The van der Waals surface area contributed by atoms with E-state index in [0.717, 1.165) is 55.8 Å². The molecule has 12 rings (SSSR count). The van der Waals surface area contributed by atoms with Gasteiger partial charge in [-0.15, -0.1) is 0 Å². The highest BCUT2D eigenvalue weighted by Gasteiger charge is 2.19. The largest absolute Gasteiger partial charge is 0.309 e. The first kappa shape index (κ1) is 35.5. The SMILES string of the molecule is c1ccc(-c2nc(-c3ccccc3)nc(-c3cccc(-c4ccc5c(c4)c4ccccc4n5-c4cccc(-c5cccc6c7ccccc7n(-c7ccccc7)c56)c4)c3)n2)cc1. The molecule has 5 heteroatoms. The van der Waals surface area contributed by atoms with Crippen LogP contribution >= 0.6 is 0 Å². The van der Waals surface area contributed by atoms with Crippen molar-refractivity contribution in [3.63, 3.8) is 0 Å². The normalized spacial score (nSPS) is 11.5. The van der Waals surface area contributed by atoms with Crippen molar-refractivity contribution in [3.8, 4) is 67.8 Å². The van der Waals surface area contributed by atoms with E-state index in [0.29, 0.717) is 17.5 Å². The quantitative estimate of drug-likeness (QED) is 0.162. The third-order valence-corrected chi connectivity index (χ3v) is 12.0. The van der Waals surface area contributed by atoms with Crippen molar-refractivity contribution in [2.45, 2.75) is 0 Å². The van der Waals surface area contributed by atoms with E-state index in [4.69, 9.17) is 15.0 Å². The third kappa shape index (κ3) is 5.98. The number of benzene rings is 9. The number of fused-ring (bicyclic) bond motifs is 6. The van der Waals surface area contributed by atoms with Gasteiger partial charge in [-0.2, -0.15) is 0 Å². The van der Waals surface area contributed by atoms with Crippen molar-refractivity contribution in [1.82, 2.24) is 24.1 Å². The van der Waals surface area contributed by atoms with Gasteiger partial charge in [0.2, 0.25) is 0 Å². The molecule has 62 heavy (non-hydrogen) atoms. The first-order valence-corrected chi connectivity index (χ1v) is 20.9. The fraction of sp³-hybridized carbons (Fsp3) is 0. The molecule has 0 aliphatic heterocycles. The number of rotatable bonds is 7. The van der Waals surface area contributed by atoms with Gasteiger partial charge in [-0.25, -0.2) is 15.0 Å². The van der Waals surface area contributed by atoms with Crippen LogP contribution in [-0.2, 0) is 0 Å². The average molecular weight is 792 g/mol. The maximum Gasteiger partial charge on any atom is 0.164 e. The summed E-state index contributed by atoms with van der Waals surface area (Å²) in [6, 6.07) is 79.4. The van der Waals surface area contributed by atoms with Gasteiger partial charge in [0.15, 0.2) is 17.5 Å². The summed E-state index contributed by atoms with van der Waals surface area (Å²) in [4.78, 5) is 14.9. The molecule has 12 aromatic rings. The molecule has 290 valence electrons. The van der Waals surface area contributed by atoms with Gasteiger partial charge in [-0.1, -0.05) is 170 Å². The van der Waals surface area contributed by atoms with Crippen LogP contribution in [0.1, 0.15) is 0 Å². The number of para-hydroxylation sites is 4. The smallest absolute Gasteiger partial charge is 0.164 e. The number of hydrogen-bond acceptors (Lipinski definition) is 3. The van der Waals surface area contributed by atoms with Crippen LogP contribution in [0.5, 0.6) is 0 Å². The Hall–Kier alpha value is -8.41. The van der Waals surface area contributed by atoms with Gasteiger partial charge in [0.1, 0.15) is 0 Å². The van der Waals surface area contributed by atoms with Crippen LogP contribution in [0.15, 0.2) is 224 Å². The van der Waals surface area contributed by atoms with Crippen molar-refractivity contribution in [1.29, 1.82) is 0 Å². The topological polar surface area (TPSA) is 48.5 Å². The average Bonchev–Trinajstić information content (AvgIpc) is 3.88. The fourth-order valence-electron chi connectivity index (χ4n) is 9.12. The van der Waals surface area contributed by atoms with E-state index in [1.165, 1.54) is 38.1 Å². The van der Waals surface area contributed by atoms with Crippen molar-refractivity contribution >= 4 is 43.6 Å². The summed E-state index contributed by atoms with van der Waals surface area (Å²) >= 11 is 0. The summed E-state index contributed by atoms with van der Waals surface area (Å²) < 4.78 is 4.82. The molecule has 3 heterocycles. The van der Waals surface area contributed by atoms with Crippen molar-refractivity contribution in [2.75, 3.05) is 0 Å². The molecule has 3 aromatic heterocycles. The molecule has 0 unspecified atom stereocenters. The summed E-state index contributed by atoms with van der Waals surface area (Å²) in [7, 11) is 0. The van der Waals surface area contributed by atoms with Crippen molar-refractivity contribution < 1.29 is 0 Å². The predicted molar refractivity (Wildman–Crippen MR) is 256 cm³/mol. The van der Waals surface area contributed by atoms with E-state index < -0.39 is 0 Å². The lowest BCUT2D eigenvalue weighted by Gasteiger charge is -2.14. The lowest BCUT2D eigenvalue weighted by atomic mass is 10.0. The van der Waals surface area contributed by atoms with E-state index in [-0.39, 0.29) is 0 Å². The van der Waals surface area contributed by atoms with E-state index in [2.05, 4.69) is 173 Å². The first-order chi connectivity index (χ1) is 30.7. The van der Waals surface area contributed by atoms with Crippen molar-refractivity contribution in [3.05, 3.63) is 224 Å². The van der Waals surface area contributed by atoms with Gasteiger partial charge in [0.05, 0.1) is 22.1 Å². The maximum atomic E-state index is 5.01. The van der Waals surface area contributed by atoms with Gasteiger partial charge in [0.25, 0.3) is 0 Å². The molecule has 0 radical (unpaired) electrons. The summed E-state index contributed by atoms with van der Waals surface area (Å²) in [6.07, 6.45) is 0. The third-order valence-electron chi connectivity index (χ3n) is 12.0. The van der Waals surface area contributed by atoms with Gasteiger partial charge >= 0.3 is 0 Å². The van der Waals surface area contributed by atoms with Crippen molar-refractivity contribution in [2.24, 2.45) is 0 Å². The second kappa shape index (κ2) is 14.7. The highest BCUT2D eigenvalue weighted by atomic mass is 15.0.